The Labute approximate surface area is 143 Å². The maximum Gasteiger partial charge on any atom is 0.216 e. The summed E-state index contributed by atoms with van der Waals surface area (Å²) < 4.78 is 4.25. The molecule has 2 aromatic heterocycles. The molecule has 0 atom stereocenters. The second kappa shape index (κ2) is 6.25. The van der Waals surface area contributed by atoms with Crippen molar-refractivity contribution in [2.75, 3.05) is 0 Å². The normalized spacial score (nSPS) is 11.5. The largest absolute Gasteiger partial charge is 0.342 e. The zero-order chi connectivity index (χ0) is 16.4. The Bertz CT molecular complexity index is 1060. The Morgan fingerprint density at radius 2 is 1.88 bits per heavy atom. The molecule has 24 heavy (non-hydrogen) atoms. The number of hydrogen-bond donors (Lipinski definition) is 1. The summed E-state index contributed by atoms with van der Waals surface area (Å²) in [5.74, 6) is 0. The first-order chi connectivity index (χ1) is 11.8. The van der Waals surface area contributed by atoms with Crippen molar-refractivity contribution in [1.29, 1.82) is 0 Å². The van der Waals surface area contributed by atoms with E-state index in [0.29, 0.717) is 4.77 Å². The molecular formula is C18H15N5S. The molecule has 0 unspecified atom stereocenters. The van der Waals surface area contributed by atoms with Gasteiger partial charge in [0, 0.05) is 29.2 Å². The highest BCUT2D eigenvalue weighted by atomic mass is 32.1. The summed E-state index contributed by atoms with van der Waals surface area (Å²) in [6.07, 6.45) is 5.49. The third kappa shape index (κ3) is 2.79. The number of nitrogens with one attached hydrogen (secondary N) is 1. The topological polar surface area (TPSA) is 50.9 Å². The maximum absolute atomic E-state index is 5.11. The van der Waals surface area contributed by atoms with Crippen LogP contribution in [0.2, 0.25) is 0 Å². The van der Waals surface area contributed by atoms with Crippen LogP contribution in [0.25, 0.3) is 10.9 Å². The molecule has 4 aromatic rings. The Morgan fingerprint density at radius 3 is 2.67 bits per heavy atom. The number of aromatic amines is 1. The molecular weight excluding hydrogens is 318 g/mol. The molecule has 0 aliphatic carbocycles. The van der Waals surface area contributed by atoms with Crippen molar-refractivity contribution < 1.29 is 0 Å². The molecule has 0 radical (unpaired) electrons. The Hall–Kier alpha value is -2.99. The van der Waals surface area contributed by atoms with Gasteiger partial charge in [0.05, 0.1) is 6.21 Å². The van der Waals surface area contributed by atoms with Gasteiger partial charge >= 0.3 is 0 Å². The highest BCUT2D eigenvalue weighted by Crippen LogP contribution is 2.21. The van der Waals surface area contributed by atoms with Crippen LogP contribution in [0.3, 0.4) is 0 Å². The molecule has 0 saturated carbocycles. The molecule has 0 fully saturated rings. The van der Waals surface area contributed by atoms with Crippen LogP contribution in [0, 0.1) is 4.77 Å². The van der Waals surface area contributed by atoms with Crippen molar-refractivity contribution >= 4 is 29.3 Å². The standard InChI is InChI=1S/C18H15N5S/c24-18-21-19-13-23(18)20-10-15-12-22(11-14-6-2-1-3-7-14)17-9-5-4-8-16(15)17/h1-10,12-13H,11H2,(H,21,24)/b20-10-. The highest BCUT2D eigenvalue weighted by molar-refractivity contribution is 7.71. The molecule has 0 aliphatic rings. The third-order valence-corrected chi connectivity index (χ3v) is 4.15. The second-order valence-electron chi connectivity index (χ2n) is 5.47. The molecule has 0 saturated heterocycles. The van der Waals surface area contributed by atoms with Crippen LogP contribution in [0.15, 0.2) is 72.2 Å². The van der Waals surface area contributed by atoms with Gasteiger partial charge in [-0.2, -0.15) is 14.9 Å². The van der Waals surface area contributed by atoms with E-state index in [1.807, 2.05) is 18.3 Å². The molecule has 2 aromatic carbocycles. The van der Waals surface area contributed by atoms with E-state index < -0.39 is 0 Å². The van der Waals surface area contributed by atoms with Crippen molar-refractivity contribution in [2.45, 2.75) is 6.54 Å². The van der Waals surface area contributed by atoms with E-state index in [4.69, 9.17) is 12.2 Å². The summed E-state index contributed by atoms with van der Waals surface area (Å²) >= 11 is 5.11. The lowest BCUT2D eigenvalue weighted by Gasteiger charge is -2.05. The molecule has 4 rings (SSSR count). The molecule has 0 spiro atoms. The SMILES string of the molecule is S=c1[nH]ncn1/N=C\c1cn(Cc2ccccc2)c2ccccc12. The number of fused-ring (bicyclic) bond motifs is 1. The van der Waals surface area contributed by atoms with Crippen molar-refractivity contribution in [3.63, 3.8) is 0 Å². The van der Waals surface area contributed by atoms with Crippen molar-refractivity contribution in [3.05, 3.63) is 83.0 Å². The van der Waals surface area contributed by atoms with Gasteiger partial charge in [-0.3, -0.25) is 5.10 Å². The summed E-state index contributed by atoms with van der Waals surface area (Å²) in [4.78, 5) is 0. The van der Waals surface area contributed by atoms with Gasteiger partial charge in [0.1, 0.15) is 6.33 Å². The molecule has 0 aliphatic heterocycles. The third-order valence-electron chi connectivity index (χ3n) is 3.87. The van der Waals surface area contributed by atoms with Crippen LogP contribution in [0.4, 0.5) is 0 Å². The lowest BCUT2D eigenvalue weighted by molar-refractivity contribution is 0.835. The van der Waals surface area contributed by atoms with E-state index >= 15 is 0 Å². The van der Waals surface area contributed by atoms with Crippen LogP contribution in [-0.2, 0) is 6.54 Å². The Morgan fingerprint density at radius 1 is 1.08 bits per heavy atom. The van der Waals surface area contributed by atoms with Crippen LogP contribution < -0.4 is 0 Å². The number of para-hydroxylation sites is 1. The number of H-pyrrole nitrogens is 1. The number of aromatic nitrogens is 4. The number of nitrogens with zero attached hydrogens (tertiary/aromatic N) is 4. The zero-order valence-corrected chi connectivity index (χ0v) is 13.6. The molecule has 5 nitrogen and oxygen atoms in total. The Kier molecular flexibility index (Phi) is 3.80. The van der Waals surface area contributed by atoms with Crippen LogP contribution in [-0.4, -0.2) is 25.7 Å². The minimum absolute atomic E-state index is 0.472. The van der Waals surface area contributed by atoms with Gasteiger partial charge in [0.25, 0.3) is 0 Å². The average Bonchev–Trinajstić information content (AvgIpc) is 3.18. The van der Waals surface area contributed by atoms with Gasteiger partial charge in [-0.15, -0.1) is 0 Å². The van der Waals surface area contributed by atoms with Gasteiger partial charge in [0.15, 0.2) is 0 Å². The minimum Gasteiger partial charge on any atom is -0.342 e. The lowest BCUT2D eigenvalue weighted by atomic mass is 10.2. The fourth-order valence-electron chi connectivity index (χ4n) is 2.74. The lowest BCUT2D eigenvalue weighted by Crippen LogP contribution is -1.97. The smallest absolute Gasteiger partial charge is 0.216 e. The first kappa shape index (κ1) is 14.6. The monoisotopic (exact) mass is 333 g/mol. The van der Waals surface area contributed by atoms with E-state index in [1.165, 1.54) is 11.1 Å². The number of rotatable bonds is 4. The molecule has 0 bridgehead atoms. The fourth-order valence-corrected chi connectivity index (χ4v) is 2.89. The van der Waals surface area contributed by atoms with E-state index in [2.05, 4.69) is 68.5 Å². The van der Waals surface area contributed by atoms with Gasteiger partial charge in [-0.1, -0.05) is 48.5 Å². The molecule has 1 N–H and O–H groups in total. The second-order valence-corrected chi connectivity index (χ2v) is 5.85. The van der Waals surface area contributed by atoms with Crippen LogP contribution in [0.1, 0.15) is 11.1 Å². The van der Waals surface area contributed by atoms with E-state index in [-0.39, 0.29) is 0 Å². The van der Waals surface area contributed by atoms with Crippen molar-refractivity contribution in [3.8, 4) is 0 Å². The summed E-state index contributed by atoms with van der Waals surface area (Å²) in [5, 5.41) is 12.1. The van der Waals surface area contributed by atoms with Gasteiger partial charge < -0.3 is 4.57 Å². The van der Waals surface area contributed by atoms with E-state index in [1.54, 1.807) is 11.0 Å². The quantitative estimate of drug-likeness (QED) is 0.456. The van der Waals surface area contributed by atoms with Gasteiger partial charge in [-0.05, 0) is 23.8 Å². The summed E-state index contributed by atoms with van der Waals surface area (Å²) in [6.45, 7) is 0.820. The minimum atomic E-state index is 0.472. The van der Waals surface area contributed by atoms with Crippen LogP contribution in [0.5, 0.6) is 0 Å². The first-order valence-electron chi connectivity index (χ1n) is 7.59. The predicted molar refractivity (Wildman–Crippen MR) is 97.9 cm³/mol. The molecule has 2 heterocycles. The zero-order valence-electron chi connectivity index (χ0n) is 12.8. The van der Waals surface area contributed by atoms with E-state index in [0.717, 1.165) is 17.5 Å². The molecule has 118 valence electrons. The van der Waals surface area contributed by atoms with Gasteiger partial charge in [-0.25, -0.2) is 0 Å². The predicted octanol–water partition coefficient (Wildman–Crippen LogP) is 3.83. The summed E-state index contributed by atoms with van der Waals surface area (Å²) in [7, 11) is 0. The highest BCUT2D eigenvalue weighted by Gasteiger charge is 2.07. The summed E-state index contributed by atoms with van der Waals surface area (Å²) in [5.41, 5.74) is 3.49. The van der Waals surface area contributed by atoms with E-state index in [9.17, 15) is 0 Å². The maximum atomic E-state index is 5.11. The number of benzene rings is 2. The number of hydrogen-bond acceptors (Lipinski definition) is 3. The van der Waals surface area contributed by atoms with Gasteiger partial charge in [0.2, 0.25) is 4.77 Å². The molecule has 6 heteroatoms. The average molecular weight is 333 g/mol. The summed E-state index contributed by atoms with van der Waals surface area (Å²) in [6, 6.07) is 18.7. The fraction of sp³-hybridized carbons (Fsp3) is 0.0556. The van der Waals surface area contributed by atoms with Crippen molar-refractivity contribution in [1.82, 2.24) is 19.4 Å². The van der Waals surface area contributed by atoms with Crippen molar-refractivity contribution in [2.24, 2.45) is 5.10 Å². The first-order valence-corrected chi connectivity index (χ1v) is 8.00. The van der Waals surface area contributed by atoms with Crippen LogP contribution >= 0.6 is 12.2 Å². The molecule has 0 amide bonds. The Balaban J connectivity index is 1.75.